The molecule has 0 spiro atoms. The first kappa shape index (κ1) is 35.1. The molecule has 2 N–H and O–H groups in total. The molecule has 0 aliphatic carbocycles. The molecule has 0 unspecified atom stereocenters. The Bertz CT molecular complexity index is 2050. The van der Waals surface area contributed by atoms with Crippen LogP contribution in [0.25, 0.3) is 28.0 Å². The zero-order valence-electron chi connectivity index (χ0n) is 27.0. The van der Waals surface area contributed by atoms with Crippen LogP contribution in [0.3, 0.4) is 0 Å². The van der Waals surface area contributed by atoms with Crippen molar-refractivity contribution in [2.24, 2.45) is 0 Å². The highest BCUT2D eigenvalue weighted by Gasteiger charge is 2.32. The van der Waals surface area contributed by atoms with Gasteiger partial charge in [-0.15, -0.1) is 0 Å². The van der Waals surface area contributed by atoms with Crippen molar-refractivity contribution in [3.8, 4) is 23.0 Å². The summed E-state index contributed by atoms with van der Waals surface area (Å²) in [6, 6.07) is 5.23. The molecule has 15 heteroatoms. The Labute approximate surface area is 290 Å². The van der Waals surface area contributed by atoms with Crippen molar-refractivity contribution < 1.29 is 18.3 Å². The molecule has 252 valence electrons. The maximum absolute atomic E-state index is 15.6. The van der Waals surface area contributed by atoms with Gasteiger partial charge in [0.15, 0.2) is 11.6 Å². The number of anilines is 2. The van der Waals surface area contributed by atoms with Gasteiger partial charge in [0.25, 0.3) is 5.56 Å². The number of fused-ring (bicyclic) bond motifs is 1. The third kappa shape index (κ3) is 6.11. The fourth-order valence-electron chi connectivity index (χ4n) is 5.68. The summed E-state index contributed by atoms with van der Waals surface area (Å²) < 4.78 is 36.9. The third-order valence-corrected chi connectivity index (χ3v) is 8.89. The average Bonchev–Trinajstić information content (AvgIpc) is 3.02. The number of nitrogen functional groups attached to an aromatic ring is 1. The monoisotopic (exact) mass is 717 g/mol. The normalized spacial score (nSPS) is 13.7. The van der Waals surface area contributed by atoms with Gasteiger partial charge in [0.2, 0.25) is 0 Å². The fourth-order valence-corrected chi connectivity index (χ4v) is 6.36. The van der Waals surface area contributed by atoms with Gasteiger partial charge in [-0.05, 0) is 51.3 Å². The summed E-state index contributed by atoms with van der Waals surface area (Å²) in [4.78, 5) is 39.8. The van der Waals surface area contributed by atoms with Crippen LogP contribution >= 0.6 is 34.8 Å². The topological polar surface area (TPSA) is 130 Å². The van der Waals surface area contributed by atoms with E-state index in [2.05, 4.69) is 11.1 Å². The highest BCUT2D eigenvalue weighted by atomic mass is 35.5. The van der Waals surface area contributed by atoms with E-state index in [-0.39, 0.29) is 65.1 Å². The van der Waals surface area contributed by atoms with E-state index in [1.165, 1.54) is 10.6 Å². The molecule has 1 aliphatic rings. The van der Waals surface area contributed by atoms with E-state index < -0.39 is 50.2 Å². The Morgan fingerprint density at radius 3 is 2.31 bits per heavy atom. The Morgan fingerprint density at radius 2 is 1.73 bits per heavy atom. The molecule has 0 saturated carbocycles. The molecule has 1 amide bonds. The Kier molecular flexibility index (Phi) is 9.54. The van der Waals surface area contributed by atoms with E-state index in [1.807, 2.05) is 13.8 Å². The molecular weight excluding hydrogens is 687 g/mol. The Balaban J connectivity index is 1.84. The van der Waals surface area contributed by atoms with Gasteiger partial charge in [0, 0.05) is 37.8 Å². The van der Waals surface area contributed by atoms with Gasteiger partial charge in [-0.2, -0.15) is 5.26 Å². The summed E-state index contributed by atoms with van der Waals surface area (Å²) >= 11 is 18.8. The summed E-state index contributed by atoms with van der Waals surface area (Å²) in [6.45, 7) is 11.8. The van der Waals surface area contributed by atoms with Crippen molar-refractivity contribution in [3.05, 3.63) is 72.2 Å². The van der Waals surface area contributed by atoms with Crippen molar-refractivity contribution in [1.29, 1.82) is 5.26 Å². The van der Waals surface area contributed by atoms with Crippen LogP contribution in [0.15, 0.2) is 23.1 Å². The molecule has 10 nitrogen and oxygen atoms in total. The molecule has 4 heterocycles. The lowest BCUT2D eigenvalue weighted by Gasteiger charge is -2.37. The van der Waals surface area contributed by atoms with Crippen molar-refractivity contribution >= 4 is 63.3 Å². The number of carbonyl (C=O) groups is 1. The minimum atomic E-state index is -1.25. The minimum Gasteiger partial charge on any atom is -0.444 e. The second-order valence-electron chi connectivity index (χ2n) is 12.7. The second-order valence-corrected chi connectivity index (χ2v) is 13.8. The van der Waals surface area contributed by atoms with Crippen LogP contribution in [0.4, 0.5) is 25.0 Å². The first-order chi connectivity index (χ1) is 22.5. The summed E-state index contributed by atoms with van der Waals surface area (Å²) in [5, 5.41) is 9.07. The molecule has 4 aromatic rings. The van der Waals surface area contributed by atoms with Crippen LogP contribution in [0.1, 0.15) is 57.4 Å². The molecule has 5 rings (SSSR count). The van der Waals surface area contributed by atoms with E-state index in [9.17, 15) is 19.2 Å². The number of hydrogen-bond donors (Lipinski definition) is 1. The molecular formula is C33H32Cl3F2N7O3. The zero-order valence-corrected chi connectivity index (χ0v) is 29.3. The molecule has 0 atom stereocenters. The van der Waals surface area contributed by atoms with E-state index in [4.69, 9.17) is 50.3 Å². The number of nitrogens with zero attached hydrogens (tertiary/aromatic N) is 6. The lowest BCUT2D eigenvalue weighted by molar-refractivity contribution is 0.0240. The number of rotatable bonds is 4. The Hall–Kier alpha value is -4.18. The van der Waals surface area contributed by atoms with Crippen LogP contribution in [-0.2, 0) is 4.74 Å². The lowest BCUT2D eigenvalue weighted by Crippen LogP contribution is -2.50. The summed E-state index contributed by atoms with van der Waals surface area (Å²) in [6.07, 6.45) is 1.13. The third-order valence-electron chi connectivity index (χ3n) is 7.90. The van der Waals surface area contributed by atoms with Crippen LogP contribution in [0.5, 0.6) is 0 Å². The van der Waals surface area contributed by atoms with E-state index in [1.54, 1.807) is 49.8 Å². The number of nitriles is 1. The van der Waals surface area contributed by atoms with Gasteiger partial charge in [-0.25, -0.2) is 18.6 Å². The molecule has 3 aromatic heterocycles. The lowest BCUT2D eigenvalue weighted by atomic mass is 10.0. The summed E-state index contributed by atoms with van der Waals surface area (Å²) in [7, 11) is 0. The van der Waals surface area contributed by atoms with Crippen molar-refractivity contribution in [2.75, 3.05) is 36.8 Å². The first-order valence-electron chi connectivity index (χ1n) is 15.0. The number of pyridine rings is 3. The maximum Gasteiger partial charge on any atom is 0.410 e. The fraction of sp³-hybridized carbons (Fsp3) is 0.364. The second kappa shape index (κ2) is 13.0. The zero-order chi connectivity index (χ0) is 35.4. The largest absolute Gasteiger partial charge is 0.444 e. The number of aromatic nitrogens is 3. The van der Waals surface area contributed by atoms with E-state index in [0.29, 0.717) is 16.9 Å². The highest BCUT2D eigenvalue weighted by molar-refractivity contribution is 6.38. The minimum absolute atomic E-state index is 0.00339. The van der Waals surface area contributed by atoms with Crippen LogP contribution in [0.2, 0.25) is 15.1 Å². The average molecular weight is 719 g/mol. The SMILES string of the molecule is Cc1ccnc(C(C)C)c1-n1c(=O)c(C#N)c(N2CCN(C(=O)OC(C)(C)C)CC2)c2cc(Cl)c(-c3c(N)c(Cl)c(F)c(Cl)c3F)nc21. The molecule has 0 radical (unpaired) electrons. The van der Waals surface area contributed by atoms with Crippen LogP contribution < -0.4 is 16.2 Å². The predicted molar refractivity (Wildman–Crippen MR) is 183 cm³/mol. The van der Waals surface area contributed by atoms with Crippen LogP contribution in [0, 0.1) is 29.9 Å². The van der Waals surface area contributed by atoms with E-state index in [0.717, 1.165) is 0 Å². The summed E-state index contributed by atoms with van der Waals surface area (Å²) in [5.74, 6) is -2.65. The number of aryl methyl sites for hydroxylation is 1. The van der Waals surface area contributed by atoms with E-state index >= 15 is 4.39 Å². The maximum atomic E-state index is 15.6. The van der Waals surface area contributed by atoms with Gasteiger partial charge in [-0.1, -0.05) is 48.7 Å². The van der Waals surface area contributed by atoms with Gasteiger partial charge < -0.3 is 20.3 Å². The molecule has 48 heavy (non-hydrogen) atoms. The van der Waals surface area contributed by atoms with Gasteiger partial charge in [0.1, 0.15) is 32.9 Å². The van der Waals surface area contributed by atoms with Crippen molar-refractivity contribution in [2.45, 2.75) is 53.1 Å². The molecule has 1 aromatic carbocycles. The number of hydrogen-bond acceptors (Lipinski definition) is 8. The van der Waals surface area contributed by atoms with Crippen molar-refractivity contribution in [3.63, 3.8) is 0 Å². The molecule has 0 bridgehead atoms. The Morgan fingerprint density at radius 1 is 1.08 bits per heavy atom. The van der Waals surface area contributed by atoms with Gasteiger partial charge in [0.05, 0.1) is 39.0 Å². The molecule has 1 aliphatic heterocycles. The molecule has 1 saturated heterocycles. The quantitative estimate of drug-likeness (QED) is 0.130. The first-order valence-corrected chi connectivity index (χ1v) is 16.1. The number of amides is 1. The predicted octanol–water partition coefficient (Wildman–Crippen LogP) is 7.63. The smallest absolute Gasteiger partial charge is 0.410 e. The van der Waals surface area contributed by atoms with Gasteiger partial charge >= 0.3 is 6.09 Å². The number of benzene rings is 1. The summed E-state index contributed by atoms with van der Waals surface area (Å²) in [5.41, 5.74) is 5.08. The number of piperazine rings is 1. The number of nitrogens with two attached hydrogens (primary N) is 1. The number of halogens is 5. The van der Waals surface area contributed by atoms with Gasteiger partial charge in [-0.3, -0.25) is 14.3 Å². The van der Waals surface area contributed by atoms with Crippen molar-refractivity contribution in [1.82, 2.24) is 19.4 Å². The highest BCUT2D eigenvalue weighted by Crippen LogP contribution is 2.44. The molecule has 1 fully saturated rings. The number of ether oxygens (including phenoxy) is 1. The number of carbonyl (C=O) groups excluding carboxylic acids is 1. The van der Waals surface area contributed by atoms with Crippen LogP contribution in [-0.4, -0.2) is 57.3 Å². The standard InChI is InChI=1S/C33H32Cl3F2N7O3/c1-15(2)26-28(16(3)7-8-41-26)45-30-17(13-19(34)27(42-30)20-23(37)21(35)24(38)22(36)25(20)40)29(18(14-39)31(45)46)43-9-11-44(12-10-43)32(47)48-33(4,5)6/h7-8,13,15H,9-12,40H2,1-6H3.